The largest absolute Gasteiger partial charge is 0.384 e. The van der Waals surface area contributed by atoms with Gasteiger partial charge in [0.05, 0.1) is 23.3 Å². The van der Waals surface area contributed by atoms with Gasteiger partial charge in [0.2, 0.25) is 11.0 Å². The van der Waals surface area contributed by atoms with Gasteiger partial charge < -0.3 is 11.1 Å². The van der Waals surface area contributed by atoms with E-state index >= 15 is 0 Å². The molecule has 2 aliphatic rings. The number of anilines is 2. The summed E-state index contributed by atoms with van der Waals surface area (Å²) in [6.07, 6.45) is 0.910. The van der Waals surface area contributed by atoms with E-state index in [1.807, 2.05) is 52.0 Å². The highest BCUT2D eigenvalue weighted by Gasteiger charge is 2.45. The maximum atomic E-state index is 13.7. The van der Waals surface area contributed by atoms with Crippen molar-refractivity contribution >= 4 is 57.2 Å². The minimum atomic E-state index is -0.621. The Kier molecular flexibility index (Phi) is 7.97. The number of ketones is 1. The first-order valence-corrected chi connectivity index (χ1v) is 15.2. The number of thioether (sulfide) groups is 1. The molecule has 0 saturated heterocycles. The van der Waals surface area contributed by atoms with Gasteiger partial charge in [-0.1, -0.05) is 66.7 Å². The minimum absolute atomic E-state index is 0.0337. The quantitative estimate of drug-likeness (QED) is 0.306. The fourth-order valence-electron chi connectivity index (χ4n) is 5.24. The third-order valence-electron chi connectivity index (χ3n) is 7.27. The second-order valence-electron chi connectivity index (χ2n) is 11.0. The van der Waals surface area contributed by atoms with Gasteiger partial charge in [0.25, 0.3) is 0 Å². The van der Waals surface area contributed by atoms with Gasteiger partial charge >= 0.3 is 0 Å². The van der Waals surface area contributed by atoms with E-state index in [-0.39, 0.29) is 34.3 Å². The number of hydrogen-bond acceptors (Lipinski definition) is 9. The zero-order valence-corrected chi connectivity index (χ0v) is 25.5. The van der Waals surface area contributed by atoms with Crippen molar-refractivity contribution in [2.45, 2.75) is 50.8 Å². The summed E-state index contributed by atoms with van der Waals surface area (Å²) in [6, 6.07) is 15.2. The monoisotopic (exact) mass is 604 g/mol. The van der Waals surface area contributed by atoms with E-state index in [1.54, 1.807) is 23.1 Å². The first kappa shape index (κ1) is 28.9. The van der Waals surface area contributed by atoms with E-state index in [4.69, 9.17) is 17.3 Å². The first-order valence-electron chi connectivity index (χ1n) is 13.0. The van der Waals surface area contributed by atoms with Crippen LogP contribution < -0.4 is 16.0 Å². The molecule has 1 aliphatic carbocycles. The van der Waals surface area contributed by atoms with E-state index in [0.717, 1.165) is 22.4 Å². The molecule has 0 spiro atoms. The third-order valence-corrected chi connectivity index (χ3v) is 9.54. The zero-order valence-electron chi connectivity index (χ0n) is 23.1. The number of amides is 1. The van der Waals surface area contributed by atoms with E-state index in [0.29, 0.717) is 38.6 Å². The molecule has 11 heteroatoms. The summed E-state index contributed by atoms with van der Waals surface area (Å²) in [4.78, 5) is 28.0. The molecule has 1 unspecified atom stereocenters. The molecule has 0 fully saturated rings. The van der Waals surface area contributed by atoms with E-state index in [9.17, 15) is 14.9 Å². The van der Waals surface area contributed by atoms with Crippen LogP contribution in [0.3, 0.4) is 0 Å². The third kappa shape index (κ3) is 5.89. The average molecular weight is 605 g/mol. The van der Waals surface area contributed by atoms with Crippen molar-refractivity contribution in [2.24, 2.45) is 11.1 Å². The Morgan fingerprint density at radius 3 is 2.71 bits per heavy atom. The van der Waals surface area contributed by atoms with Crippen LogP contribution in [0.5, 0.6) is 0 Å². The van der Waals surface area contributed by atoms with Crippen LogP contribution in [-0.4, -0.2) is 27.6 Å². The summed E-state index contributed by atoms with van der Waals surface area (Å²) in [5, 5.41) is 22.8. The van der Waals surface area contributed by atoms with Crippen LogP contribution in [0.1, 0.15) is 49.3 Å². The van der Waals surface area contributed by atoms with Crippen molar-refractivity contribution in [3.63, 3.8) is 0 Å². The maximum Gasteiger partial charge on any atom is 0.234 e. The van der Waals surface area contributed by atoms with Gasteiger partial charge in [0.15, 0.2) is 10.1 Å². The van der Waals surface area contributed by atoms with Crippen LogP contribution in [0.2, 0.25) is 5.02 Å². The Balaban J connectivity index is 1.45. The molecule has 1 atom stereocenters. The number of aryl methyl sites for hydroxylation is 2. The van der Waals surface area contributed by atoms with Gasteiger partial charge in [0.1, 0.15) is 5.82 Å². The number of hydrogen-bond donors (Lipinski definition) is 2. The lowest BCUT2D eigenvalue weighted by Gasteiger charge is -2.42. The molecule has 2 heterocycles. The summed E-state index contributed by atoms with van der Waals surface area (Å²) in [7, 11) is 0. The van der Waals surface area contributed by atoms with Crippen molar-refractivity contribution in [1.29, 1.82) is 5.26 Å². The normalized spacial score (nSPS) is 18.3. The van der Waals surface area contributed by atoms with Gasteiger partial charge in [-0.05, 0) is 66.6 Å². The number of carbonyl (C=O) groups is 2. The van der Waals surface area contributed by atoms with E-state index in [2.05, 4.69) is 21.6 Å². The Labute approximate surface area is 252 Å². The van der Waals surface area contributed by atoms with Crippen molar-refractivity contribution < 1.29 is 9.59 Å². The number of rotatable bonds is 6. The zero-order chi connectivity index (χ0) is 29.5. The summed E-state index contributed by atoms with van der Waals surface area (Å²) in [5.74, 6) is -0.458. The van der Waals surface area contributed by atoms with Gasteiger partial charge in [-0.3, -0.25) is 14.5 Å². The lowest BCUT2D eigenvalue weighted by Crippen LogP contribution is -2.42. The van der Waals surface area contributed by atoms with Gasteiger partial charge in [-0.15, -0.1) is 10.2 Å². The number of allylic oxidation sites excluding steroid dienone is 3. The number of nitrogens with one attached hydrogen (secondary N) is 1. The number of benzene rings is 2. The first-order chi connectivity index (χ1) is 19.5. The molecule has 1 aliphatic heterocycles. The molecular formula is C30H29ClN6O2S2. The molecule has 0 radical (unpaired) electrons. The lowest BCUT2D eigenvalue weighted by atomic mass is 9.69. The fraction of sp³-hybridized carbons (Fsp3) is 0.300. The number of nitrogens with two attached hydrogens (primary N) is 1. The molecule has 1 amide bonds. The average Bonchev–Trinajstić information content (AvgIpc) is 3.36. The Morgan fingerprint density at radius 2 is 2.00 bits per heavy atom. The summed E-state index contributed by atoms with van der Waals surface area (Å²) < 4.78 is 0.571. The smallest absolute Gasteiger partial charge is 0.234 e. The topological polar surface area (TPSA) is 125 Å². The molecular weight excluding hydrogens is 576 g/mol. The second kappa shape index (κ2) is 11.3. The van der Waals surface area contributed by atoms with Crippen LogP contribution in [0, 0.1) is 30.6 Å². The summed E-state index contributed by atoms with van der Waals surface area (Å²) in [6.45, 7) is 8.10. The molecule has 2 aromatic carbocycles. The predicted molar refractivity (Wildman–Crippen MR) is 164 cm³/mol. The SMILES string of the molecule is Cc1ccc(NC(=O)CSc2nnc(N3C(N)=C(C#N)C(c4cccc(Cl)c4)C4=C3CC(C)(C)CC4=O)s2)cc1C. The van der Waals surface area contributed by atoms with Crippen LogP contribution in [0.25, 0.3) is 0 Å². The predicted octanol–water partition coefficient (Wildman–Crippen LogP) is 6.48. The Bertz CT molecular complexity index is 1670. The van der Waals surface area contributed by atoms with Crippen LogP contribution in [-0.2, 0) is 9.59 Å². The summed E-state index contributed by atoms with van der Waals surface area (Å²) >= 11 is 8.82. The van der Waals surface area contributed by atoms with Crippen molar-refractivity contribution in [1.82, 2.24) is 10.2 Å². The highest BCUT2D eigenvalue weighted by molar-refractivity contribution is 8.01. The number of Topliss-reactive ketones (excluding diaryl/α,β-unsaturated/α-hetero) is 1. The number of halogens is 1. The lowest BCUT2D eigenvalue weighted by molar-refractivity contribution is -0.118. The Morgan fingerprint density at radius 1 is 1.22 bits per heavy atom. The summed E-state index contributed by atoms with van der Waals surface area (Å²) in [5.41, 5.74) is 11.6. The molecule has 1 aromatic heterocycles. The highest BCUT2D eigenvalue weighted by Crippen LogP contribution is 2.50. The van der Waals surface area contributed by atoms with Gasteiger partial charge in [0, 0.05) is 28.4 Å². The number of aromatic nitrogens is 2. The van der Waals surface area contributed by atoms with Gasteiger partial charge in [-0.25, -0.2) is 0 Å². The standard InChI is InChI=1S/C30H29ClN6O2S2/c1-16-8-9-20(10-17(16)2)34-24(39)15-40-29-36-35-28(41-29)37-22-12-30(3,4)13-23(38)26(22)25(21(14-32)27(37)33)18-6-5-7-19(31)11-18/h5-11,25H,12-13,15,33H2,1-4H3,(H,34,39). The van der Waals surface area contributed by atoms with Crippen LogP contribution >= 0.6 is 34.7 Å². The van der Waals surface area contributed by atoms with E-state index in [1.165, 1.54) is 23.1 Å². The van der Waals surface area contributed by atoms with Crippen molar-refractivity contribution in [3.05, 3.63) is 86.8 Å². The molecule has 0 bridgehead atoms. The minimum Gasteiger partial charge on any atom is -0.384 e. The molecule has 8 nitrogen and oxygen atoms in total. The van der Waals surface area contributed by atoms with Crippen LogP contribution in [0.4, 0.5) is 10.8 Å². The molecule has 210 valence electrons. The molecule has 41 heavy (non-hydrogen) atoms. The maximum absolute atomic E-state index is 13.7. The van der Waals surface area contributed by atoms with E-state index < -0.39 is 5.92 Å². The van der Waals surface area contributed by atoms with Crippen molar-refractivity contribution in [2.75, 3.05) is 16.0 Å². The number of nitriles is 1. The van der Waals surface area contributed by atoms with Crippen LogP contribution in [0.15, 0.2) is 69.5 Å². The molecule has 5 rings (SSSR count). The second-order valence-corrected chi connectivity index (χ2v) is 13.6. The fourth-order valence-corrected chi connectivity index (χ4v) is 7.12. The highest BCUT2D eigenvalue weighted by atomic mass is 35.5. The Hall–Kier alpha value is -3.65. The number of carbonyl (C=O) groups excluding carboxylic acids is 2. The van der Waals surface area contributed by atoms with Crippen molar-refractivity contribution in [3.8, 4) is 6.07 Å². The molecule has 3 N–H and O–H groups in total. The number of nitrogens with zero attached hydrogens (tertiary/aromatic N) is 4. The molecule has 0 saturated carbocycles. The molecule has 3 aromatic rings. The van der Waals surface area contributed by atoms with Gasteiger partial charge in [-0.2, -0.15) is 5.26 Å².